The maximum atomic E-state index is 9.22. The summed E-state index contributed by atoms with van der Waals surface area (Å²) < 4.78 is 0. The van der Waals surface area contributed by atoms with Crippen molar-refractivity contribution in [2.75, 3.05) is 19.7 Å². The zero-order valence-electron chi connectivity index (χ0n) is 9.76. The fourth-order valence-corrected chi connectivity index (χ4v) is 3.05. The van der Waals surface area contributed by atoms with Crippen LogP contribution in [-0.4, -0.2) is 24.8 Å². The van der Waals surface area contributed by atoms with Crippen molar-refractivity contribution < 1.29 is 10.0 Å². The van der Waals surface area contributed by atoms with Gasteiger partial charge in [0, 0.05) is 11.5 Å². The lowest BCUT2D eigenvalue weighted by atomic mass is 9.98. The van der Waals surface area contributed by atoms with Crippen molar-refractivity contribution in [1.29, 1.82) is 0 Å². The Kier molecular flexibility index (Phi) is 4.69. The van der Waals surface area contributed by atoms with Gasteiger partial charge in [-0.15, -0.1) is 0 Å². The molecule has 1 aliphatic rings. The third-order valence-corrected chi connectivity index (χ3v) is 4.17. The number of rotatable bonds is 3. The Bertz CT molecular complexity index is 363. The average molecular weight is 275 g/mol. The van der Waals surface area contributed by atoms with Gasteiger partial charge in [-0.1, -0.05) is 29.3 Å². The van der Waals surface area contributed by atoms with E-state index in [0.29, 0.717) is 12.5 Å². The Hall–Kier alpha value is -0.280. The smallest absolute Gasteiger partial charge is 0.106 e. The van der Waals surface area contributed by atoms with E-state index in [1.165, 1.54) is 11.3 Å². The van der Waals surface area contributed by atoms with E-state index in [-0.39, 0.29) is 0 Å². The Morgan fingerprint density at radius 2 is 2.00 bits per heavy atom. The maximum Gasteiger partial charge on any atom is 0.106 e. The molecule has 1 heterocycles. The number of hydrogen-bond acceptors (Lipinski definition) is 1. The first-order valence-corrected chi connectivity index (χ1v) is 6.83. The van der Waals surface area contributed by atoms with Crippen LogP contribution in [0, 0.1) is 5.92 Å². The van der Waals surface area contributed by atoms with Crippen molar-refractivity contribution in [3.05, 3.63) is 33.8 Å². The fourth-order valence-electron chi connectivity index (χ4n) is 2.52. The molecule has 0 bridgehead atoms. The van der Waals surface area contributed by atoms with Crippen LogP contribution < -0.4 is 4.90 Å². The van der Waals surface area contributed by atoms with Gasteiger partial charge < -0.3 is 10.0 Å². The SMILES string of the molecule is OC[C@@H]1CCC[NH+](Cc2c(Cl)cccc2Cl)C1. The highest BCUT2D eigenvalue weighted by molar-refractivity contribution is 6.35. The third-order valence-electron chi connectivity index (χ3n) is 3.47. The molecule has 2 atom stereocenters. The molecular weight excluding hydrogens is 257 g/mol. The van der Waals surface area contributed by atoms with Crippen molar-refractivity contribution >= 4 is 23.2 Å². The summed E-state index contributed by atoms with van der Waals surface area (Å²) in [6.07, 6.45) is 2.30. The maximum absolute atomic E-state index is 9.22. The van der Waals surface area contributed by atoms with Crippen LogP contribution >= 0.6 is 23.2 Å². The highest BCUT2D eigenvalue weighted by Crippen LogP contribution is 2.23. The predicted molar refractivity (Wildman–Crippen MR) is 70.7 cm³/mol. The van der Waals surface area contributed by atoms with E-state index < -0.39 is 0 Å². The summed E-state index contributed by atoms with van der Waals surface area (Å²) in [7, 11) is 0. The number of halogens is 2. The second kappa shape index (κ2) is 6.05. The lowest BCUT2D eigenvalue weighted by Crippen LogP contribution is -3.12. The molecule has 0 saturated carbocycles. The molecule has 1 fully saturated rings. The number of piperidine rings is 1. The number of aliphatic hydroxyl groups excluding tert-OH is 1. The molecule has 2 nitrogen and oxygen atoms in total. The highest BCUT2D eigenvalue weighted by Gasteiger charge is 2.23. The predicted octanol–water partition coefficient (Wildman–Crippen LogP) is 1.78. The minimum Gasteiger partial charge on any atom is -0.396 e. The molecule has 1 saturated heterocycles. The third kappa shape index (κ3) is 3.35. The van der Waals surface area contributed by atoms with Gasteiger partial charge >= 0.3 is 0 Å². The summed E-state index contributed by atoms with van der Waals surface area (Å²) in [5, 5.41) is 10.7. The summed E-state index contributed by atoms with van der Waals surface area (Å²) in [6.45, 7) is 3.30. The van der Waals surface area contributed by atoms with Crippen LogP contribution in [0.3, 0.4) is 0 Å². The topological polar surface area (TPSA) is 24.7 Å². The number of nitrogens with one attached hydrogen (secondary N) is 1. The number of hydrogen-bond donors (Lipinski definition) is 2. The van der Waals surface area contributed by atoms with Gasteiger partial charge in [0.2, 0.25) is 0 Å². The Balaban J connectivity index is 2.05. The first-order chi connectivity index (χ1) is 8.20. The normalized spacial score (nSPS) is 24.9. The standard InChI is InChI=1S/C13H17Cl2NO/c14-12-4-1-5-13(15)11(12)8-16-6-2-3-10(7-16)9-17/h1,4-5,10,17H,2-3,6-9H2/p+1/t10-/m1/s1. The van der Waals surface area contributed by atoms with Gasteiger partial charge in [-0.05, 0) is 25.0 Å². The molecule has 94 valence electrons. The molecule has 0 aromatic heterocycles. The molecular formula is C13H18Cl2NO+. The molecule has 0 spiro atoms. The summed E-state index contributed by atoms with van der Waals surface area (Å²) in [4.78, 5) is 1.46. The molecule has 0 aliphatic carbocycles. The van der Waals surface area contributed by atoms with E-state index >= 15 is 0 Å². The van der Waals surface area contributed by atoms with Gasteiger partial charge in [0.05, 0.1) is 29.7 Å². The number of aliphatic hydroxyl groups is 1. The largest absolute Gasteiger partial charge is 0.396 e. The van der Waals surface area contributed by atoms with E-state index in [4.69, 9.17) is 23.2 Å². The van der Waals surface area contributed by atoms with Gasteiger partial charge in [0.15, 0.2) is 0 Å². The molecule has 1 aromatic carbocycles. The fraction of sp³-hybridized carbons (Fsp3) is 0.538. The molecule has 1 aliphatic heterocycles. The zero-order valence-corrected chi connectivity index (χ0v) is 11.3. The lowest BCUT2D eigenvalue weighted by Gasteiger charge is -2.29. The second-order valence-electron chi connectivity index (χ2n) is 4.77. The van der Waals surface area contributed by atoms with E-state index in [1.54, 1.807) is 0 Å². The van der Waals surface area contributed by atoms with Crippen LogP contribution in [0.4, 0.5) is 0 Å². The van der Waals surface area contributed by atoms with Crippen LogP contribution in [0.25, 0.3) is 0 Å². The van der Waals surface area contributed by atoms with Crippen molar-refractivity contribution in [3.63, 3.8) is 0 Å². The first-order valence-electron chi connectivity index (χ1n) is 6.08. The minimum absolute atomic E-state index is 0.291. The van der Waals surface area contributed by atoms with Gasteiger partial charge in [0.25, 0.3) is 0 Å². The molecule has 4 heteroatoms. The van der Waals surface area contributed by atoms with E-state index in [2.05, 4.69) is 0 Å². The summed E-state index contributed by atoms with van der Waals surface area (Å²) in [5.74, 6) is 0.431. The van der Waals surface area contributed by atoms with Gasteiger partial charge in [0.1, 0.15) is 6.54 Å². The summed E-state index contributed by atoms with van der Waals surface area (Å²) >= 11 is 12.3. The molecule has 0 amide bonds. The summed E-state index contributed by atoms with van der Waals surface area (Å²) in [6, 6.07) is 5.64. The van der Waals surface area contributed by atoms with Crippen molar-refractivity contribution in [2.45, 2.75) is 19.4 Å². The van der Waals surface area contributed by atoms with E-state index in [1.807, 2.05) is 18.2 Å². The van der Waals surface area contributed by atoms with Crippen LogP contribution in [0.5, 0.6) is 0 Å². The second-order valence-corrected chi connectivity index (χ2v) is 5.59. The van der Waals surface area contributed by atoms with Crippen LogP contribution in [0.2, 0.25) is 10.0 Å². The lowest BCUT2D eigenvalue weighted by molar-refractivity contribution is -0.922. The van der Waals surface area contributed by atoms with E-state index in [9.17, 15) is 5.11 Å². The molecule has 1 unspecified atom stereocenters. The van der Waals surface area contributed by atoms with Crippen LogP contribution in [-0.2, 0) is 6.54 Å². The van der Waals surface area contributed by atoms with Crippen molar-refractivity contribution in [1.82, 2.24) is 0 Å². The molecule has 2 rings (SSSR count). The minimum atomic E-state index is 0.291. The van der Waals surface area contributed by atoms with Crippen molar-refractivity contribution in [3.8, 4) is 0 Å². The Morgan fingerprint density at radius 3 is 2.65 bits per heavy atom. The average Bonchev–Trinajstić information content (AvgIpc) is 2.34. The molecule has 17 heavy (non-hydrogen) atoms. The van der Waals surface area contributed by atoms with Crippen LogP contribution in [0.1, 0.15) is 18.4 Å². The molecule has 1 aromatic rings. The Labute approximate surface area is 112 Å². The zero-order chi connectivity index (χ0) is 12.3. The van der Waals surface area contributed by atoms with Gasteiger partial charge in [-0.3, -0.25) is 0 Å². The monoisotopic (exact) mass is 274 g/mol. The Morgan fingerprint density at radius 1 is 1.29 bits per heavy atom. The number of likely N-dealkylation sites (tertiary alicyclic amines) is 1. The van der Waals surface area contributed by atoms with E-state index in [0.717, 1.165) is 41.7 Å². The quantitative estimate of drug-likeness (QED) is 0.863. The first kappa shape index (κ1) is 13.2. The number of benzene rings is 1. The molecule has 2 N–H and O–H groups in total. The number of quaternary nitrogens is 1. The van der Waals surface area contributed by atoms with Crippen molar-refractivity contribution in [2.24, 2.45) is 5.92 Å². The van der Waals surface area contributed by atoms with Gasteiger partial charge in [-0.25, -0.2) is 0 Å². The van der Waals surface area contributed by atoms with Crippen LogP contribution in [0.15, 0.2) is 18.2 Å². The highest BCUT2D eigenvalue weighted by atomic mass is 35.5. The van der Waals surface area contributed by atoms with Gasteiger partial charge in [-0.2, -0.15) is 0 Å². The summed E-state index contributed by atoms with van der Waals surface area (Å²) in [5.41, 5.74) is 1.03. The molecule has 0 radical (unpaired) electrons.